The molecule has 0 spiro atoms. The first-order chi connectivity index (χ1) is 9.20. The summed E-state index contributed by atoms with van der Waals surface area (Å²) in [6.45, 7) is 2.07. The van der Waals surface area contributed by atoms with E-state index in [-0.39, 0.29) is 5.75 Å². The van der Waals surface area contributed by atoms with Crippen LogP contribution in [0.1, 0.15) is 17.3 Å². The van der Waals surface area contributed by atoms with Crippen LogP contribution >= 0.6 is 11.8 Å². The smallest absolute Gasteiger partial charge is 0.338 e. The first kappa shape index (κ1) is 13.5. The van der Waals surface area contributed by atoms with Crippen LogP contribution in [0.4, 0.5) is 0 Å². The Kier molecular flexibility index (Phi) is 4.47. The van der Waals surface area contributed by atoms with Crippen LogP contribution in [0.2, 0.25) is 0 Å². The predicted octanol–water partition coefficient (Wildman–Crippen LogP) is 3.72. The third kappa shape index (κ3) is 3.51. The lowest BCUT2D eigenvalue weighted by molar-refractivity contribution is 0.0526. The maximum atomic E-state index is 11.5. The second-order valence-corrected chi connectivity index (χ2v) is 4.93. The van der Waals surface area contributed by atoms with Gasteiger partial charge in [0.25, 0.3) is 0 Å². The van der Waals surface area contributed by atoms with Crippen molar-refractivity contribution in [2.75, 3.05) is 6.61 Å². The molecule has 0 aliphatic heterocycles. The van der Waals surface area contributed by atoms with Crippen LogP contribution in [0.15, 0.2) is 58.3 Å². The molecule has 2 aromatic rings. The predicted molar refractivity (Wildman–Crippen MR) is 74.6 cm³/mol. The van der Waals surface area contributed by atoms with Gasteiger partial charge in [0.2, 0.25) is 0 Å². The second-order valence-electron chi connectivity index (χ2n) is 3.82. The van der Waals surface area contributed by atoms with Crippen molar-refractivity contribution in [3.05, 3.63) is 54.1 Å². The van der Waals surface area contributed by atoms with E-state index in [4.69, 9.17) is 4.74 Å². The van der Waals surface area contributed by atoms with Gasteiger partial charge in [-0.15, -0.1) is 0 Å². The molecule has 0 amide bonds. The normalized spacial score (nSPS) is 10.2. The summed E-state index contributed by atoms with van der Waals surface area (Å²) in [5.74, 6) is -0.339. The van der Waals surface area contributed by atoms with Crippen molar-refractivity contribution < 1.29 is 14.6 Å². The van der Waals surface area contributed by atoms with Crippen LogP contribution in [-0.2, 0) is 4.74 Å². The van der Waals surface area contributed by atoms with Gasteiger partial charge in [0, 0.05) is 4.90 Å². The summed E-state index contributed by atoms with van der Waals surface area (Å²) < 4.78 is 4.88. The highest BCUT2D eigenvalue weighted by Crippen LogP contribution is 2.34. The summed E-state index contributed by atoms with van der Waals surface area (Å²) in [6.07, 6.45) is 0. The first-order valence-corrected chi connectivity index (χ1v) is 6.75. The molecule has 19 heavy (non-hydrogen) atoms. The van der Waals surface area contributed by atoms with Gasteiger partial charge < -0.3 is 9.84 Å². The van der Waals surface area contributed by atoms with Crippen molar-refractivity contribution in [3.63, 3.8) is 0 Å². The number of esters is 1. The van der Waals surface area contributed by atoms with E-state index in [0.717, 1.165) is 4.90 Å². The Labute approximate surface area is 116 Å². The molecule has 0 fully saturated rings. The Morgan fingerprint density at radius 1 is 1.21 bits per heavy atom. The first-order valence-electron chi connectivity index (χ1n) is 5.93. The van der Waals surface area contributed by atoms with Gasteiger partial charge in [0.05, 0.1) is 17.1 Å². The standard InChI is InChI=1S/C15H14O3S/c1-2-18-15(17)11-8-9-14(13(16)10-11)19-12-6-4-3-5-7-12/h3-10,16H,2H2,1H3. The molecule has 1 N–H and O–H groups in total. The molecule has 3 nitrogen and oxygen atoms in total. The van der Waals surface area contributed by atoms with Crippen molar-refractivity contribution >= 4 is 17.7 Å². The zero-order valence-corrected chi connectivity index (χ0v) is 11.3. The number of phenolic OH excluding ortho intramolecular Hbond substituents is 1. The summed E-state index contributed by atoms with van der Waals surface area (Å²) in [4.78, 5) is 13.3. The van der Waals surface area contributed by atoms with Crippen LogP contribution < -0.4 is 0 Å². The molecule has 0 aliphatic carbocycles. The van der Waals surface area contributed by atoms with Gasteiger partial charge in [0.15, 0.2) is 0 Å². The fourth-order valence-electron chi connectivity index (χ4n) is 1.56. The summed E-state index contributed by atoms with van der Waals surface area (Å²) in [6, 6.07) is 14.5. The highest BCUT2D eigenvalue weighted by molar-refractivity contribution is 7.99. The van der Waals surface area contributed by atoms with Crippen LogP contribution in [0.3, 0.4) is 0 Å². The summed E-state index contributed by atoms with van der Waals surface area (Å²) >= 11 is 1.45. The third-order valence-corrected chi connectivity index (χ3v) is 3.51. The molecule has 0 heterocycles. The Balaban J connectivity index is 2.18. The lowest BCUT2D eigenvalue weighted by atomic mass is 10.2. The number of rotatable bonds is 4. The topological polar surface area (TPSA) is 46.5 Å². The minimum Gasteiger partial charge on any atom is -0.507 e. The summed E-state index contributed by atoms with van der Waals surface area (Å²) in [7, 11) is 0. The van der Waals surface area contributed by atoms with Gasteiger partial charge in [-0.25, -0.2) is 4.79 Å². The van der Waals surface area contributed by atoms with Crippen LogP contribution in [-0.4, -0.2) is 17.7 Å². The van der Waals surface area contributed by atoms with Gasteiger partial charge in [-0.3, -0.25) is 0 Å². The number of benzene rings is 2. The average molecular weight is 274 g/mol. The molecule has 0 atom stereocenters. The van der Waals surface area contributed by atoms with E-state index in [1.807, 2.05) is 30.3 Å². The number of phenols is 1. The van der Waals surface area contributed by atoms with E-state index in [1.165, 1.54) is 17.8 Å². The third-order valence-electron chi connectivity index (χ3n) is 2.44. The van der Waals surface area contributed by atoms with Gasteiger partial charge >= 0.3 is 5.97 Å². The van der Waals surface area contributed by atoms with E-state index < -0.39 is 5.97 Å². The van der Waals surface area contributed by atoms with E-state index in [1.54, 1.807) is 19.1 Å². The molecule has 2 rings (SSSR count). The minimum absolute atomic E-state index is 0.0828. The largest absolute Gasteiger partial charge is 0.507 e. The summed E-state index contributed by atoms with van der Waals surface area (Å²) in [5.41, 5.74) is 0.358. The van der Waals surface area contributed by atoms with Gasteiger partial charge in [-0.2, -0.15) is 0 Å². The Morgan fingerprint density at radius 3 is 2.58 bits per heavy atom. The fraction of sp³-hybridized carbons (Fsp3) is 0.133. The molecule has 98 valence electrons. The zero-order chi connectivity index (χ0) is 13.7. The molecule has 0 unspecified atom stereocenters. The van der Waals surface area contributed by atoms with E-state index in [0.29, 0.717) is 17.1 Å². The van der Waals surface area contributed by atoms with Crippen molar-refractivity contribution in [2.45, 2.75) is 16.7 Å². The number of hydrogen-bond acceptors (Lipinski definition) is 4. The molecular formula is C15H14O3S. The van der Waals surface area contributed by atoms with Crippen molar-refractivity contribution in [1.82, 2.24) is 0 Å². The molecule has 0 bridgehead atoms. The quantitative estimate of drug-likeness (QED) is 0.863. The average Bonchev–Trinajstić information content (AvgIpc) is 2.42. The SMILES string of the molecule is CCOC(=O)c1ccc(Sc2ccccc2)c(O)c1. The van der Waals surface area contributed by atoms with E-state index >= 15 is 0 Å². The van der Waals surface area contributed by atoms with Crippen LogP contribution in [0.5, 0.6) is 5.75 Å². The highest BCUT2D eigenvalue weighted by atomic mass is 32.2. The van der Waals surface area contributed by atoms with Crippen molar-refractivity contribution in [3.8, 4) is 5.75 Å². The highest BCUT2D eigenvalue weighted by Gasteiger charge is 2.10. The lowest BCUT2D eigenvalue weighted by Gasteiger charge is -2.07. The molecule has 0 aliphatic rings. The Bertz CT molecular complexity index is 567. The number of ether oxygens (including phenoxy) is 1. The second kappa shape index (κ2) is 6.29. The molecule has 0 saturated carbocycles. The molecule has 2 aromatic carbocycles. The molecule has 0 aromatic heterocycles. The minimum atomic E-state index is -0.422. The number of hydrogen-bond donors (Lipinski definition) is 1. The van der Waals surface area contributed by atoms with Gasteiger partial charge in [0.1, 0.15) is 5.75 Å². The Morgan fingerprint density at radius 2 is 1.95 bits per heavy atom. The van der Waals surface area contributed by atoms with E-state index in [9.17, 15) is 9.90 Å². The van der Waals surface area contributed by atoms with Crippen LogP contribution in [0, 0.1) is 0 Å². The number of carbonyl (C=O) groups excluding carboxylic acids is 1. The van der Waals surface area contributed by atoms with Crippen LogP contribution in [0.25, 0.3) is 0 Å². The molecule has 0 radical (unpaired) electrons. The maximum absolute atomic E-state index is 11.5. The zero-order valence-electron chi connectivity index (χ0n) is 10.5. The van der Waals surface area contributed by atoms with E-state index in [2.05, 4.69) is 0 Å². The fourth-order valence-corrected chi connectivity index (χ4v) is 2.41. The Hall–Kier alpha value is -1.94. The van der Waals surface area contributed by atoms with Crippen molar-refractivity contribution in [1.29, 1.82) is 0 Å². The van der Waals surface area contributed by atoms with Gasteiger partial charge in [-0.1, -0.05) is 30.0 Å². The van der Waals surface area contributed by atoms with Crippen molar-refractivity contribution in [2.24, 2.45) is 0 Å². The lowest BCUT2D eigenvalue weighted by Crippen LogP contribution is -2.04. The monoisotopic (exact) mass is 274 g/mol. The summed E-state index contributed by atoms with van der Waals surface area (Å²) in [5, 5.41) is 9.94. The maximum Gasteiger partial charge on any atom is 0.338 e. The number of carbonyl (C=O) groups is 1. The van der Waals surface area contributed by atoms with Gasteiger partial charge in [-0.05, 0) is 37.3 Å². The number of aromatic hydroxyl groups is 1. The molecule has 4 heteroatoms. The molecular weight excluding hydrogens is 260 g/mol. The molecule has 0 saturated heterocycles.